The van der Waals surface area contributed by atoms with Crippen molar-refractivity contribution in [3.05, 3.63) is 4.13 Å². The van der Waals surface area contributed by atoms with Crippen LogP contribution < -0.4 is 51.4 Å². The predicted octanol–water partition coefficient (Wildman–Crippen LogP) is -3.16. The fourth-order valence-corrected chi connectivity index (χ4v) is 1.40. The number of sulfonamides is 1. The maximum absolute atomic E-state index is 11.3. The van der Waals surface area contributed by atoms with Gasteiger partial charge < -0.3 is 4.13 Å². The van der Waals surface area contributed by atoms with Crippen LogP contribution in [0.1, 0.15) is 0 Å². The Kier molecular flexibility index (Phi) is 6.98. The SMILES string of the molecule is O=S(=O)(F)[N-]S(=O)(=O)CF.[K+]. The van der Waals surface area contributed by atoms with E-state index in [4.69, 9.17) is 0 Å². The Balaban J connectivity index is 0. The standard InChI is InChI=1S/CH2F2NO4S2.K/c2-1-9(5,6)4-10(3,7)8;/h1H2;/q-1;+1. The fourth-order valence-electron chi connectivity index (χ4n) is 0.156. The monoisotopic (exact) mass is 233 g/mol. The molecule has 5 nitrogen and oxygen atoms in total. The zero-order valence-electron chi connectivity index (χ0n) is 5.36. The Hall–Kier alpha value is 1.36. The minimum Gasteiger partial charge on any atom is -0.405 e. The molecule has 0 saturated carbocycles. The maximum Gasteiger partial charge on any atom is 1.00 e. The molecule has 62 valence electrons. The molecule has 0 aromatic heterocycles. The van der Waals surface area contributed by atoms with Crippen molar-refractivity contribution in [2.75, 3.05) is 6.01 Å². The van der Waals surface area contributed by atoms with Crippen molar-refractivity contribution in [2.45, 2.75) is 0 Å². The van der Waals surface area contributed by atoms with Crippen LogP contribution >= 0.6 is 0 Å². The molecule has 0 aromatic rings. The molecule has 0 atom stereocenters. The maximum atomic E-state index is 11.3. The summed E-state index contributed by atoms with van der Waals surface area (Å²) in [4.78, 5) is 0. The first kappa shape index (κ1) is 14.9. The topological polar surface area (TPSA) is 82.4 Å². The summed E-state index contributed by atoms with van der Waals surface area (Å²) in [7, 11) is -10.3. The van der Waals surface area contributed by atoms with Gasteiger partial charge in [0.15, 0.2) is 6.01 Å². The molecule has 11 heavy (non-hydrogen) atoms. The molecule has 10 heteroatoms. The summed E-state index contributed by atoms with van der Waals surface area (Å²) in [5, 5.41) is 0. The minimum absolute atomic E-state index is 0. The zero-order chi connectivity index (χ0) is 8.41. The van der Waals surface area contributed by atoms with Crippen LogP contribution in [0, 0.1) is 0 Å². The van der Waals surface area contributed by atoms with Crippen LogP contribution in [0.25, 0.3) is 4.13 Å². The van der Waals surface area contributed by atoms with Gasteiger partial charge in [0.1, 0.15) is 10.0 Å². The molecule has 0 heterocycles. The number of nitrogens with zero attached hydrogens (tertiary/aromatic N) is 1. The Morgan fingerprint density at radius 1 is 1.18 bits per heavy atom. The van der Waals surface area contributed by atoms with Crippen molar-refractivity contribution < 1.29 is 76.5 Å². The van der Waals surface area contributed by atoms with Crippen LogP contribution in [-0.4, -0.2) is 22.8 Å². The van der Waals surface area contributed by atoms with Crippen molar-refractivity contribution in [3.63, 3.8) is 0 Å². The third-order valence-corrected chi connectivity index (χ3v) is 2.24. The molecular weight excluding hydrogens is 231 g/mol. The molecule has 0 spiro atoms. The molecule has 0 rings (SSSR count). The molecule has 0 unspecified atom stereocenters. The molecule has 0 bridgehead atoms. The molecule has 0 aliphatic carbocycles. The van der Waals surface area contributed by atoms with E-state index in [0.717, 1.165) is 0 Å². The van der Waals surface area contributed by atoms with Gasteiger partial charge >= 0.3 is 51.4 Å². The van der Waals surface area contributed by atoms with Gasteiger partial charge in [-0.15, -0.1) is 3.89 Å². The van der Waals surface area contributed by atoms with Gasteiger partial charge in [-0.25, -0.2) is 21.2 Å². The third kappa shape index (κ3) is 9.27. The number of rotatable bonds is 3. The third-order valence-electron chi connectivity index (χ3n) is 0.340. The second-order valence-corrected chi connectivity index (χ2v) is 3.98. The van der Waals surface area contributed by atoms with Gasteiger partial charge in [-0.3, -0.25) is 0 Å². The van der Waals surface area contributed by atoms with Gasteiger partial charge in [0.05, 0.1) is 0 Å². The summed E-state index contributed by atoms with van der Waals surface area (Å²) in [5.74, 6) is 0. The second kappa shape index (κ2) is 5.17. The second-order valence-electron chi connectivity index (χ2n) is 1.18. The molecule has 0 radical (unpaired) electrons. The van der Waals surface area contributed by atoms with E-state index in [1.807, 2.05) is 0 Å². The fraction of sp³-hybridized carbons (Fsp3) is 1.00. The van der Waals surface area contributed by atoms with E-state index in [1.165, 1.54) is 0 Å². The normalized spacial score (nSPS) is 12.2. The predicted molar refractivity (Wildman–Crippen MR) is 28.3 cm³/mol. The average molecular weight is 233 g/mol. The van der Waals surface area contributed by atoms with E-state index in [0.29, 0.717) is 0 Å². The van der Waals surface area contributed by atoms with E-state index in [9.17, 15) is 25.1 Å². The van der Waals surface area contributed by atoms with Crippen LogP contribution in [0.5, 0.6) is 0 Å². The molecule has 0 fully saturated rings. The van der Waals surface area contributed by atoms with Gasteiger partial charge in [-0.2, -0.15) is 0 Å². The quantitative estimate of drug-likeness (QED) is 0.380. The Bertz CT molecular complexity index is 294. The van der Waals surface area contributed by atoms with Crippen LogP contribution in [0.15, 0.2) is 0 Å². The van der Waals surface area contributed by atoms with Crippen molar-refractivity contribution in [1.29, 1.82) is 0 Å². The van der Waals surface area contributed by atoms with Gasteiger partial charge in [-0.05, 0) is 0 Å². The largest absolute Gasteiger partial charge is 1.00 e. The molecule has 0 amide bonds. The zero-order valence-corrected chi connectivity index (χ0v) is 10.1. The first-order valence-corrected chi connectivity index (χ1v) is 4.69. The van der Waals surface area contributed by atoms with E-state index in [2.05, 4.69) is 0 Å². The number of halogens is 2. The summed E-state index contributed by atoms with van der Waals surface area (Å²) < 4.78 is 62.6. The summed E-state index contributed by atoms with van der Waals surface area (Å²) in [6, 6.07) is -2.03. The van der Waals surface area contributed by atoms with Gasteiger partial charge in [0.2, 0.25) is 10.4 Å². The van der Waals surface area contributed by atoms with Gasteiger partial charge in [0.25, 0.3) is 0 Å². The van der Waals surface area contributed by atoms with Crippen molar-refractivity contribution >= 4 is 20.4 Å². The summed E-state index contributed by atoms with van der Waals surface area (Å²) in [6.07, 6.45) is 0. The average Bonchev–Trinajstić information content (AvgIpc) is 1.60. The molecular formula is CH2F2KNO4S2. The van der Waals surface area contributed by atoms with Crippen LogP contribution in [-0.2, 0) is 20.4 Å². The van der Waals surface area contributed by atoms with Crippen molar-refractivity contribution in [1.82, 2.24) is 0 Å². The first-order valence-electron chi connectivity index (χ1n) is 1.74. The molecule has 0 N–H and O–H groups in total. The number of hydrogen-bond donors (Lipinski definition) is 0. The van der Waals surface area contributed by atoms with E-state index in [-0.39, 0.29) is 51.4 Å². The first-order chi connectivity index (χ1) is 4.27. The summed E-state index contributed by atoms with van der Waals surface area (Å²) in [6.45, 7) is 0. The number of hydrogen-bond acceptors (Lipinski definition) is 4. The van der Waals surface area contributed by atoms with Crippen LogP contribution in [0.4, 0.5) is 8.28 Å². The minimum atomic E-state index is -5.50. The summed E-state index contributed by atoms with van der Waals surface area (Å²) >= 11 is 0. The summed E-state index contributed by atoms with van der Waals surface area (Å²) in [5.41, 5.74) is 0. The van der Waals surface area contributed by atoms with Gasteiger partial charge in [-0.1, -0.05) is 0 Å². The van der Waals surface area contributed by atoms with Crippen molar-refractivity contribution in [3.8, 4) is 0 Å². The molecule has 0 aliphatic rings. The van der Waals surface area contributed by atoms with Crippen LogP contribution in [0.2, 0.25) is 0 Å². The molecule has 0 aliphatic heterocycles. The Morgan fingerprint density at radius 2 is 1.55 bits per heavy atom. The molecule has 0 aromatic carbocycles. The van der Waals surface area contributed by atoms with Crippen molar-refractivity contribution in [2.24, 2.45) is 0 Å². The molecule has 0 saturated heterocycles. The Labute approximate surface area is 105 Å². The van der Waals surface area contributed by atoms with E-state index >= 15 is 0 Å². The van der Waals surface area contributed by atoms with E-state index in [1.54, 1.807) is 4.13 Å². The van der Waals surface area contributed by atoms with Gasteiger partial charge in [0, 0.05) is 0 Å². The van der Waals surface area contributed by atoms with Crippen LogP contribution in [0.3, 0.4) is 0 Å². The van der Waals surface area contributed by atoms with E-state index < -0.39 is 26.4 Å². The Morgan fingerprint density at radius 3 is 1.64 bits per heavy atom. The number of alkyl halides is 1. The smallest absolute Gasteiger partial charge is 0.405 e.